The highest BCUT2D eigenvalue weighted by Gasteiger charge is 2.24. The van der Waals surface area contributed by atoms with Crippen LogP contribution in [0.15, 0.2) is 12.1 Å². The van der Waals surface area contributed by atoms with Gasteiger partial charge in [0.25, 0.3) is 5.69 Å². The lowest BCUT2D eigenvalue weighted by atomic mass is 10.0. The molecule has 0 aliphatic carbocycles. The molecule has 21 heavy (non-hydrogen) atoms. The maximum atomic E-state index is 13.6. The Bertz CT molecular complexity index is 560. The van der Waals surface area contributed by atoms with Gasteiger partial charge in [-0.2, -0.15) is 0 Å². The van der Waals surface area contributed by atoms with Crippen molar-refractivity contribution in [3.05, 3.63) is 33.6 Å². The molecule has 1 atom stereocenters. The van der Waals surface area contributed by atoms with Crippen molar-refractivity contribution in [1.82, 2.24) is 0 Å². The number of hydrogen-bond donors (Lipinski definition) is 3. The van der Waals surface area contributed by atoms with Crippen LogP contribution >= 0.6 is 0 Å². The van der Waals surface area contributed by atoms with Gasteiger partial charge in [0, 0.05) is 18.7 Å². The number of aromatic carboxylic acids is 1. The van der Waals surface area contributed by atoms with Crippen LogP contribution in [-0.2, 0) is 0 Å². The van der Waals surface area contributed by atoms with Gasteiger partial charge in [0.2, 0.25) is 0 Å². The molecule has 0 radical (unpaired) electrons. The van der Waals surface area contributed by atoms with Crippen molar-refractivity contribution >= 4 is 17.3 Å². The van der Waals surface area contributed by atoms with E-state index in [0.717, 1.165) is 6.07 Å². The molecule has 3 N–H and O–H groups in total. The van der Waals surface area contributed by atoms with Crippen LogP contribution in [0.1, 0.15) is 37.0 Å². The lowest BCUT2D eigenvalue weighted by molar-refractivity contribution is -0.384. The number of carbonyl (C=O) groups is 1. The number of anilines is 1. The van der Waals surface area contributed by atoms with Crippen molar-refractivity contribution in [3.8, 4) is 0 Å². The van der Waals surface area contributed by atoms with E-state index in [-0.39, 0.29) is 12.2 Å². The van der Waals surface area contributed by atoms with Gasteiger partial charge in [-0.15, -0.1) is 0 Å². The van der Waals surface area contributed by atoms with Crippen LogP contribution in [0, 0.1) is 15.9 Å². The Morgan fingerprint density at radius 3 is 2.62 bits per heavy atom. The Balaban J connectivity index is 3.09. The van der Waals surface area contributed by atoms with Crippen LogP contribution in [0.3, 0.4) is 0 Å². The summed E-state index contributed by atoms with van der Waals surface area (Å²) in [5.41, 5.74) is -2.60. The van der Waals surface area contributed by atoms with Crippen molar-refractivity contribution in [3.63, 3.8) is 0 Å². The molecule has 0 aliphatic heterocycles. The lowest BCUT2D eigenvalue weighted by Gasteiger charge is -2.23. The highest BCUT2D eigenvalue weighted by Crippen LogP contribution is 2.28. The van der Waals surface area contributed by atoms with E-state index in [0.29, 0.717) is 18.9 Å². The SMILES string of the molecule is CCCC(C)(O)CNc1cc(F)c(C(=O)O)cc1[N+](=O)[O-]. The molecular formula is C13H17FN2O5. The van der Waals surface area contributed by atoms with E-state index < -0.39 is 33.6 Å². The van der Waals surface area contributed by atoms with Gasteiger partial charge in [-0.25, -0.2) is 9.18 Å². The number of halogens is 1. The molecule has 8 heteroatoms. The summed E-state index contributed by atoms with van der Waals surface area (Å²) in [5.74, 6) is -2.66. The topological polar surface area (TPSA) is 113 Å². The number of benzene rings is 1. The number of hydrogen-bond acceptors (Lipinski definition) is 5. The Morgan fingerprint density at radius 1 is 1.52 bits per heavy atom. The number of nitro groups is 1. The molecule has 0 spiro atoms. The molecule has 0 saturated heterocycles. The zero-order chi connectivity index (χ0) is 16.2. The average molecular weight is 300 g/mol. The standard InChI is InChI=1S/C13H17FN2O5/c1-3-4-13(2,19)7-15-10-6-9(14)8(12(17)18)5-11(10)16(20)21/h5-6,15,19H,3-4,7H2,1-2H3,(H,17,18). The smallest absolute Gasteiger partial charge is 0.338 e. The number of rotatable bonds is 7. The minimum Gasteiger partial charge on any atom is -0.478 e. The largest absolute Gasteiger partial charge is 0.478 e. The van der Waals surface area contributed by atoms with Crippen LogP contribution in [0.2, 0.25) is 0 Å². The molecule has 0 saturated carbocycles. The molecular weight excluding hydrogens is 283 g/mol. The number of nitrogens with one attached hydrogen (secondary N) is 1. The number of carboxylic acids is 1. The molecule has 0 bridgehead atoms. The van der Waals surface area contributed by atoms with Gasteiger partial charge in [-0.1, -0.05) is 13.3 Å². The molecule has 116 valence electrons. The predicted octanol–water partition coefficient (Wildman–Crippen LogP) is 2.40. The summed E-state index contributed by atoms with van der Waals surface area (Å²) in [4.78, 5) is 20.9. The molecule has 0 fully saturated rings. The van der Waals surface area contributed by atoms with Crippen molar-refractivity contribution < 1.29 is 24.3 Å². The van der Waals surface area contributed by atoms with Crippen molar-refractivity contribution in [1.29, 1.82) is 0 Å². The average Bonchev–Trinajstić information content (AvgIpc) is 2.35. The monoisotopic (exact) mass is 300 g/mol. The first-order valence-electron chi connectivity index (χ1n) is 6.35. The van der Waals surface area contributed by atoms with E-state index in [2.05, 4.69) is 5.32 Å². The van der Waals surface area contributed by atoms with E-state index >= 15 is 0 Å². The Kier molecular flexibility index (Phi) is 5.20. The van der Waals surface area contributed by atoms with Gasteiger partial charge in [-0.3, -0.25) is 10.1 Å². The molecule has 0 aliphatic rings. The summed E-state index contributed by atoms with van der Waals surface area (Å²) in [6.07, 6.45) is 1.17. The van der Waals surface area contributed by atoms with E-state index in [9.17, 15) is 24.4 Å². The van der Waals surface area contributed by atoms with Gasteiger partial charge >= 0.3 is 5.97 Å². The van der Waals surface area contributed by atoms with Crippen LogP contribution < -0.4 is 5.32 Å². The van der Waals surface area contributed by atoms with E-state index in [1.165, 1.54) is 0 Å². The number of aliphatic hydroxyl groups is 1. The van der Waals surface area contributed by atoms with Gasteiger partial charge < -0.3 is 15.5 Å². The van der Waals surface area contributed by atoms with E-state index in [1.807, 2.05) is 6.92 Å². The minimum absolute atomic E-state index is 0.0203. The van der Waals surface area contributed by atoms with Crippen LogP contribution in [0.25, 0.3) is 0 Å². The third kappa shape index (κ3) is 4.38. The van der Waals surface area contributed by atoms with Crippen LogP contribution in [0.4, 0.5) is 15.8 Å². The summed E-state index contributed by atoms with van der Waals surface area (Å²) in [6.45, 7) is 3.41. The molecule has 7 nitrogen and oxygen atoms in total. The first-order chi connectivity index (χ1) is 9.68. The Labute approximate surface area is 120 Å². The highest BCUT2D eigenvalue weighted by atomic mass is 19.1. The second-order valence-corrected chi connectivity index (χ2v) is 5.01. The van der Waals surface area contributed by atoms with E-state index in [4.69, 9.17) is 5.11 Å². The molecule has 1 aromatic rings. The quantitative estimate of drug-likeness (QED) is 0.526. The molecule has 1 aromatic carbocycles. The van der Waals surface area contributed by atoms with Gasteiger partial charge in [0.1, 0.15) is 17.1 Å². The highest BCUT2D eigenvalue weighted by molar-refractivity contribution is 5.90. The summed E-state index contributed by atoms with van der Waals surface area (Å²) < 4.78 is 13.6. The molecule has 1 unspecified atom stereocenters. The summed E-state index contributed by atoms with van der Waals surface area (Å²) >= 11 is 0. The van der Waals surface area contributed by atoms with Crippen molar-refractivity contribution in [2.75, 3.05) is 11.9 Å². The predicted molar refractivity (Wildman–Crippen MR) is 74.0 cm³/mol. The minimum atomic E-state index is -1.58. The number of carboxylic acid groups (broad SMARTS) is 1. The first-order valence-corrected chi connectivity index (χ1v) is 6.35. The third-order valence-electron chi connectivity index (χ3n) is 2.96. The zero-order valence-electron chi connectivity index (χ0n) is 11.7. The Hall–Kier alpha value is -2.22. The van der Waals surface area contributed by atoms with Crippen LogP contribution in [0.5, 0.6) is 0 Å². The van der Waals surface area contributed by atoms with Gasteiger partial charge in [0.05, 0.1) is 10.5 Å². The second-order valence-electron chi connectivity index (χ2n) is 5.01. The summed E-state index contributed by atoms with van der Waals surface area (Å²) in [5, 5.41) is 32.3. The lowest BCUT2D eigenvalue weighted by Crippen LogP contribution is -2.33. The fourth-order valence-electron chi connectivity index (χ4n) is 1.93. The zero-order valence-corrected chi connectivity index (χ0v) is 11.7. The summed E-state index contributed by atoms with van der Waals surface area (Å²) in [7, 11) is 0. The normalized spacial score (nSPS) is 13.5. The third-order valence-corrected chi connectivity index (χ3v) is 2.96. The van der Waals surface area contributed by atoms with Crippen molar-refractivity contribution in [2.24, 2.45) is 0 Å². The molecule has 0 heterocycles. The fraction of sp³-hybridized carbons (Fsp3) is 0.462. The fourth-order valence-corrected chi connectivity index (χ4v) is 1.93. The van der Waals surface area contributed by atoms with Gasteiger partial charge in [-0.05, 0) is 13.3 Å². The van der Waals surface area contributed by atoms with Gasteiger partial charge in [0.15, 0.2) is 0 Å². The number of nitro benzene ring substituents is 1. The van der Waals surface area contributed by atoms with E-state index in [1.54, 1.807) is 6.92 Å². The van der Waals surface area contributed by atoms with Crippen LogP contribution in [-0.4, -0.2) is 33.3 Å². The maximum Gasteiger partial charge on any atom is 0.338 e. The van der Waals surface area contributed by atoms with Crippen molar-refractivity contribution in [2.45, 2.75) is 32.3 Å². The second kappa shape index (κ2) is 6.49. The molecule has 0 aromatic heterocycles. The number of nitrogens with zero attached hydrogens (tertiary/aromatic N) is 1. The molecule has 1 rings (SSSR count). The summed E-state index contributed by atoms with van der Waals surface area (Å²) in [6, 6.07) is 1.41. The first kappa shape index (κ1) is 16.8. The molecule has 0 amide bonds. The maximum absolute atomic E-state index is 13.6. The Morgan fingerprint density at radius 2 is 2.14 bits per heavy atom.